The molecule has 1 saturated carbocycles. The molecule has 0 spiro atoms. The molecule has 1 aliphatic heterocycles. The van der Waals surface area contributed by atoms with Gasteiger partial charge in [-0.05, 0) is 36.6 Å². The van der Waals surface area contributed by atoms with E-state index in [0.29, 0.717) is 11.8 Å². The van der Waals surface area contributed by atoms with Crippen molar-refractivity contribution in [3.05, 3.63) is 36.3 Å². The maximum Gasteiger partial charge on any atom is 0.226 e. The van der Waals surface area contributed by atoms with Gasteiger partial charge in [-0.3, -0.25) is 4.79 Å². The van der Waals surface area contributed by atoms with Crippen LogP contribution in [0.2, 0.25) is 0 Å². The zero-order valence-corrected chi connectivity index (χ0v) is 14.2. The van der Waals surface area contributed by atoms with E-state index < -0.39 is 0 Å². The molecule has 5 nitrogen and oxygen atoms in total. The van der Waals surface area contributed by atoms with E-state index in [-0.39, 0.29) is 5.92 Å². The van der Waals surface area contributed by atoms with Crippen molar-refractivity contribution >= 4 is 5.91 Å². The van der Waals surface area contributed by atoms with Crippen LogP contribution < -0.4 is 4.74 Å². The number of rotatable bonds is 3. The zero-order valence-electron chi connectivity index (χ0n) is 14.2. The lowest BCUT2D eigenvalue weighted by Gasteiger charge is -2.20. The van der Waals surface area contributed by atoms with Crippen molar-refractivity contribution in [3.8, 4) is 17.0 Å². The Morgan fingerprint density at radius 1 is 1.21 bits per heavy atom. The number of amides is 1. The van der Waals surface area contributed by atoms with Gasteiger partial charge in [0.2, 0.25) is 5.91 Å². The third-order valence-corrected chi connectivity index (χ3v) is 5.26. The van der Waals surface area contributed by atoms with Gasteiger partial charge in [-0.1, -0.05) is 6.92 Å². The summed E-state index contributed by atoms with van der Waals surface area (Å²) in [5.74, 6) is 3.08. The first-order valence-corrected chi connectivity index (χ1v) is 8.65. The van der Waals surface area contributed by atoms with Gasteiger partial charge in [-0.2, -0.15) is 0 Å². The van der Waals surface area contributed by atoms with Gasteiger partial charge >= 0.3 is 0 Å². The molecule has 1 aromatic carbocycles. The SMILES string of the molecule is COc1ccc(-c2cnc3n2CCN(C(=O)[C@H]2C[C@@H]2C)CC3)cc1. The molecular weight excluding hydrogens is 302 g/mol. The largest absolute Gasteiger partial charge is 0.497 e. The standard InChI is InChI=1S/C19H23N3O2/c1-13-11-16(13)19(23)21-8-7-18-20-12-17(22(18)10-9-21)14-3-5-15(24-2)6-4-14/h3-6,12-13,16H,7-11H2,1-2H3/t13-,16-/m0/s1. The van der Waals surface area contributed by atoms with Gasteiger partial charge in [0.15, 0.2) is 0 Å². The molecule has 0 bridgehead atoms. The van der Waals surface area contributed by atoms with Crippen LogP contribution in [0.5, 0.6) is 5.75 Å². The number of nitrogens with zero attached hydrogens (tertiary/aromatic N) is 3. The van der Waals surface area contributed by atoms with Gasteiger partial charge in [-0.25, -0.2) is 4.98 Å². The maximum atomic E-state index is 12.5. The number of imidazole rings is 1. The molecule has 2 heterocycles. The normalized spacial score (nSPS) is 22.7. The van der Waals surface area contributed by atoms with Crippen molar-refractivity contribution in [1.29, 1.82) is 0 Å². The summed E-state index contributed by atoms with van der Waals surface area (Å²) >= 11 is 0. The van der Waals surface area contributed by atoms with Crippen LogP contribution in [-0.4, -0.2) is 40.6 Å². The number of carbonyl (C=O) groups is 1. The molecule has 4 rings (SSSR count). The third kappa shape index (κ3) is 2.68. The summed E-state index contributed by atoms with van der Waals surface area (Å²) in [5, 5.41) is 0. The Hall–Kier alpha value is -2.30. The van der Waals surface area contributed by atoms with Crippen LogP contribution in [0.25, 0.3) is 11.3 Å². The van der Waals surface area contributed by atoms with E-state index in [2.05, 4.69) is 28.6 Å². The summed E-state index contributed by atoms with van der Waals surface area (Å²) in [6.45, 7) is 4.52. The third-order valence-electron chi connectivity index (χ3n) is 5.26. The molecule has 24 heavy (non-hydrogen) atoms. The fraction of sp³-hybridized carbons (Fsp3) is 0.474. The fourth-order valence-corrected chi connectivity index (χ4v) is 3.54. The van der Waals surface area contributed by atoms with E-state index in [1.165, 1.54) is 0 Å². The second-order valence-electron chi connectivity index (χ2n) is 6.83. The first-order valence-electron chi connectivity index (χ1n) is 8.65. The minimum absolute atomic E-state index is 0.261. The highest BCUT2D eigenvalue weighted by Crippen LogP contribution is 2.39. The summed E-state index contributed by atoms with van der Waals surface area (Å²) in [6, 6.07) is 8.05. The molecule has 1 fully saturated rings. The summed E-state index contributed by atoms with van der Waals surface area (Å²) in [7, 11) is 1.67. The van der Waals surface area contributed by atoms with Crippen LogP contribution in [0.3, 0.4) is 0 Å². The van der Waals surface area contributed by atoms with E-state index in [0.717, 1.165) is 55.3 Å². The molecule has 1 aromatic heterocycles. The Morgan fingerprint density at radius 3 is 2.62 bits per heavy atom. The van der Waals surface area contributed by atoms with Crippen LogP contribution >= 0.6 is 0 Å². The second-order valence-corrected chi connectivity index (χ2v) is 6.83. The summed E-state index contributed by atoms with van der Waals surface area (Å²) in [4.78, 5) is 19.1. The topological polar surface area (TPSA) is 47.4 Å². The number of carbonyl (C=O) groups excluding carboxylic acids is 1. The van der Waals surface area contributed by atoms with E-state index >= 15 is 0 Å². The first-order chi connectivity index (χ1) is 11.7. The molecule has 2 atom stereocenters. The summed E-state index contributed by atoms with van der Waals surface area (Å²) in [6.07, 6.45) is 3.82. The van der Waals surface area contributed by atoms with Gasteiger partial charge in [0.05, 0.1) is 19.0 Å². The number of hydrogen-bond acceptors (Lipinski definition) is 3. The van der Waals surface area contributed by atoms with E-state index in [9.17, 15) is 4.79 Å². The first kappa shape index (κ1) is 15.2. The van der Waals surface area contributed by atoms with Gasteiger partial charge in [-0.15, -0.1) is 0 Å². The van der Waals surface area contributed by atoms with Crippen molar-refractivity contribution in [1.82, 2.24) is 14.5 Å². The van der Waals surface area contributed by atoms with Gasteiger partial charge < -0.3 is 14.2 Å². The number of fused-ring (bicyclic) bond motifs is 1. The molecule has 0 unspecified atom stereocenters. The Kier molecular flexibility index (Phi) is 3.79. The molecule has 5 heteroatoms. The number of methoxy groups -OCH3 is 1. The van der Waals surface area contributed by atoms with E-state index in [1.807, 2.05) is 23.2 Å². The number of hydrogen-bond donors (Lipinski definition) is 0. The second kappa shape index (κ2) is 5.96. The number of benzene rings is 1. The molecule has 1 aliphatic carbocycles. The number of ether oxygens (including phenoxy) is 1. The molecule has 126 valence electrons. The minimum Gasteiger partial charge on any atom is -0.497 e. The lowest BCUT2D eigenvalue weighted by atomic mass is 10.1. The Bertz CT molecular complexity index is 750. The predicted octanol–water partition coefficient (Wildman–Crippen LogP) is 2.60. The smallest absolute Gasteiger partial charge is 0.226 e. The molecule has 1 amide bonds. The molecule has 0 saturated heterocycles. The average Bonchev–Trinajstić information content (AvgIpc) is 3.27. The number of aromatic nitrogens is 2. The highest BCUT2D eigenvalue weighted by Gasteiger charge is 2.41. The zero-order chi connectivity index (χ0) is 16.7. The van der Waals surface area contributed by atoms with Gasteiger partial charge in [0.1, 0.15) is 11.6 Å². The molecular formula is C19H23N3O2. The average molecular weight is 325 g/mol. The van der Waals surface area contributed by atoms with Crippen molar-refractivity contribution in [2.45, 2.75) is 26.3 Å². The molecule has 0 radical (unpaired) electrons. The predicted molar refractivity (Wildman–Crippen MR) is 91.8 cm³/mol. The Balaban J connectivity index is 1.54. The van der Waals surface area contributed by atoms with Crippen LogP contribution in [-0.2, 0) is 17.8 Å². The van der Waals surface area contributed by atoms with Crippen molar-refractivity contribution in [3.63, 3.8) is 0 Å². The highest BCUT2D eigenvalue weighted by atomic mass is 16.5. The van der Waals surface area contributed by atoms with Crippen molar-refractivity contribution in [2.24, 2.45) is 11.8 Å². The van der Waals surface area contributed by atoms with E-state index in [1.54, 1.807) is 7.11 Å². The van der Waals surface area contributed by atoms with Crippen LogP contribution in [0.4, 0.5) is 0 Å². The maximum absolute atomic E-state index is 12.5. The monoisotopic (exact) mass is 325 g/mol. The summed E-state index contributed by atoms with van der Waals surface area (Å²) < 4.78 is 7.49. The lowest BCUT2D eigenvalue weighted by molar-refractivity contribution is -0.132. The van der Waals surface area contributed by atoms with Crippen LogP contribution in [0, 0.1) is 11.8 Å². The minimum atomic E-state index is 0.261. The van der Waals surface area contributed by atoms with Crippen LogP contribution in [0.1, 0.15) is 19.2 Å². The van der Waals surface area contributed by atoms with Crippen molar-refractivity contribution < 1.29 is 9.53 Å². The quantitative estimate of drug-likeness (QED) is 0.871. The van der Waals surface area contributed by atoms with Gasteiger partial charge in [0, 0.05) is 37.5 Å². The van der Waals surface area contributed by atoms with Crippen molar-refractivity contribution in [2.75, 3.05) is 20.2 Å². The molecule has 2 aliphatic rings. The lowest BCUT2D eigenvalue weighted by Crippen LogP contribution is -2.35. The molecule has 2 aromatic rings. The highest BCUT2D eigenvalue weighted by molar-refractivity contribution is 5.81. The van der Waals surface area contributed by atoms with Crippen LogP contribution in [0.15, 0.2) is 30.5 Å². The van der Waals surface area contributed by atoms with E-state index in [4.69, 9.17) is 4.74 Å². The van der Waals surface area contributed by atoms with Gasteiger partial charge in [0.25, 0.3) is 0 Å². The Labute approximate surface area is 142 Å². The Morgan fingerprint density at radius 2 is 1.96 bits per heavy atom. The fourth-order valence-electron chi connectivity index (χ4n) is 3.54. The summed E-state index contributed by atoms with van der Waals surface area (Å²) in [5.41, 5.74) is 2.24. The molecule has 0 N–H and O–H groups in total.